The molecule has 5 atom stereocenters. The predicted octanol–water partition coefficient (Wildman–Crippen LogP) is 4.25. The molecule has 0 spiro atoms. The average Bonchev–Trinajstić information content (AvgIpc) is 3.01. The van der Waals surface area contributed by atoms with Crippen molar-refractivity contribution in [2.45, 2.75) is 77.2 Å². The second-order valence-electron chi connectivity index (χ2n) is 9.23. The van der Waals surface area contributed by atoms with Gasteiger partial charge < -0.3 is 5.11 Å². The van der Waals surface area contributed by atoms with Gasteiger partial charge >= 0.3 is 0 Å². The summed E-state index contributed by atoms with van der Waals surface area (Å²) < 4.78 is 25.0. The van der Waals surface area contributed by atoms with Crippen LogP contribution in [-0.4, -0.2) is 25.8 Å². The zero-order valence-electron chi connectivity index (χ0n) is 17.5. The van der Waals surface area contributed by atoms with Gasteiger partial charge in [-0.25, -0.2) is 4.83 Å². The van der Waals surface area contributed by atoms with E-state index in [1.165, 1.54) is 0 Å². The Morgan fingerprint density at radius 2 is 1.96 bits per heavy atom. The molecule has 28 heavy (non-hydrogen) atoms. The summed E-state index contributed by atoms with van der Waals surface area (Å²) in [6.45, 7) is 8.55. The van der Waals surface area contributed by atoms with E-state index in [-0.39, 0.29) is 21.8 Å². The van der Waals surface area contributed by atoms with Crippen LogP contribution in [0.5, 0.6) is 0 Å². The number of aliphatic hydroxyl groups is 1. The van der Waals surface area contributed by atoms with Gasteiger partial charge in [-0.2, -0.15) is 13.5 Å². The second-order valence-corrected chi connectivity index (χ2v) is 10.9. The van der Waals surface area contributed by atoms with E-state index >= 15 is 0 Å². The lowest BCUT2D eigenvalue weighted by molar-refractivity contribution is -0.0342. The Hall–Kier alpha value is -1.40. The number of rotatable bonds is 6. The van der Waals surface area contributed by atoms with Gasteiger partial charge in [0, 0.05) is 11.6 Å². The van der Waals surface area contributed by atoms with E-state index in [2.05, 4.69) is 30.7 Å². The third-order valence-corrected chi connectivity index (χ3v) is 8.75. The molecule has 2 fully saturated rings. The summed E-state index contributed by atoms with van der Waals surface area (Å²) in [6, 6.07) is 6.75. The van der Waals surface area contributed by atoms with Crippen LogP contribution in [0, 0.1) is 29.6 Å². The first-order chi connectivity index (χ1) is 13.1. The molecule has 1 aromatic rings. The standard InChI is InChI=1S/C22H34N2O3S/c1-5-21(3,20-13-12-18-19(25)7-6-14-22(18,20)4)15-23-24-28(26,27)17-10-8-16(2)9-11-17/h8-11,15,18-20,24-25H,5-7,12-14H2,1-4H3/b23-15-/t18?,19-,20?,21+,22-/m0/s1. The van der Waals surface area contributed by atoms with Crippen LogP contribution in [0.25, 0.3) is 0 Å². The van der Waals surface area contributed by atoms with Crippen molar-refractivity contribution in [3.63, 3.8) is 0 Å². The van der Waals surface area contributed by atoms with Crippen molar-refractivity contribution in [3.8, 4) is 0 Å². The van der Waals surface area contributed by atoms with Gasteiger partial charge in [0.05, 0.1) is 11.0 Å². The molecule has 2 aliphatic rings. The lowest BCUT2D eigenvalue weighted by Crippen LogP contribution is -2.45. The SMILES string of the molecule is CC[C@](C)(/C=N\NS(=O)(=O)c1ccc(C)cc1)C1CCC2[C@@H](O)CCC[C@@]21C. The lowest BCUT2D eigenvalue weighted by Gasteiger charge is -2.48. The van der Waals surface area contributed by atoms with E-state index in [4.69, 9.17) is 0 Å². The molecule has 0 amide bonds. The van der Waals surface area contributed by atoms with Gasteiger partial charge in [-0.15, -0.1) is 0 Å². The third-order valence-electron chi connectivity index (χ3n) is 7.51. The van der Waals surface area contributed by atoms with Crippen molar-refractivity contribution >= 4 is 16.2 Å². The van der Waals surface area contributed by atoms with Gasteiger partial charge in [-0.1, -0.05) is 44.9 Å². The molecule has 0 aromatic heterocycles. The first-order valence-corrected chi connectivity index (χ1v) is 11.9. The molecular formula is C22H34N2O3S. The van der Waals surface area contributed by atoms with E-state index in [0.717, 1.165) is 44.1 Å². The van der Waals surface area contributed by atoms with Gasteiger partial charge in [0.1, 0.15) is 0 Å². The Balaban J connectivity index is 1.78. The predicted molar refractivity (Wildman–Crippen MR) is 113 cm³/mol. The number of nitrogens with zero attached hydrogens (tertiary/aromatic N) is 1. The second kappa shape index (κ2) is 7.79. The van der Waals surface area contributed by atoms with Gasteiger partial charge in [0.2, 0.25) is 0 Å². The van der Waals surface area contributed by atoms with E-state index in [1.807, 2.05) is 6.92 Å². The van der Waals surface area contributed by atoms with Gasteiger partial charge in [-0.05, 0) is 68.4 Å². The van der Waals surface area contributed by atoms with Crippen molar-refractivity contribution in [3.05, 3.63) is 29.8 Å². The summed E-state index contributed by atoms with van der Waals surface area (Å²) in [7, 11) is -3.67. The van der Waals surface area contributed by atoms with Gasteiger partial charge in [0.25, 0.3) is 10.0 Å². The molecule has 0 saturated heterocycles. The fourth-order valence-corrected chi connectivity index (χ4v) is 6.46. The number of nitrogens with one attached hydrogen (secondary N) is 1. The maximum absolute atomic E-state index is 12.5. The van der Waals surface area contributed by atoms with Crippen molar-refractivity contribution in [1.29, 1.82) is 0 Å². The monoisotopic (exact) mass is 406 g/mol. The summed E-state index contributed by atoms with van der Waals surface area (Å²) in [5.74, 6) is 0.729. The van der Waals surface area contributed by atoms with Crippen LogP contribution < -0.4 is 4.83 Å². The molecule has 1 aromatic carbocycles. The summed E-state index contributed by atoms with van der Waals surface area (Å²) in [6.07, 6.45) is 7.66. The zero-order valence-corrected chi connectivity index (χ0v) is 18.3. The first kappa shape index (κ1) is 21.3. The van der Waals surface area contributed by atoms with Gasteiger partial charge in [0.15, 0.2) is 0 Å². The molecule has 2 saturated carbocycles. The number of fused-ring (bicyclic) bond motifs is 1. The highest BCUT2D eigenvalue weighted by molar-refractivity contribution is 7.89. The molecule has 0 aliphatic heterocycles. The summed E-state index contributed by atoms with van der Waals surface area (Å²) in [5.41, 5.74) is 0.889. The summed E-state index contributed by atoms with van der Waals surface area (Å²) >= 11 is 0. The Labute approximate surface area is 169 Å². The minimum absolute atomic E-state index is 0.0876. The topological polar surface area (TPSA) is 78.8 Å². The van der Waals surface area contributed by atoms with Crippen LogP contribution in [0.2, 0.25) is 0 Å². The highest BCUT2D eigenvalue weighted by Gasteiger charge is 2.55. The number of hydrazone groups is 1. The molecule has 5 nitrogen and oxygen atoms in total. The van der Waals surface area contributed by atoms with E-state index in [0.29, 0.717) is 11.8 Å². The molecule has 2 N–H and O–H groups in total. The molecule has 3 rings (SSSR count). The number of sulfonamides is 1. The van der Waals surface area contributed by atoms with Crippen LogP contribution in [-0.2, 0) is 10.0 Å². The van der Waals surface area contributed by atoms with Crippen LogP contribution in [0.15, 0.2) is 34.3 Å². The highest BCUT2D eigenvalue weighted by Crippen LogP contribution is 2.60. The Morgan fingerprint density at radius 3 is 2.61 bits per heavy atom. The molecule has 156 valence electrons. The van der Waals surface area contributed by atoms with Crippen molar-refractivity contribution in [1.82, 2.24) is 4.83 Å². The van der Waals surface area contributed by atoms with Crippen molar-refractivity contribution in [2.24, 2.45) is 27.8 Å². The fraction of sp³-hybridized carbons (Fsp3) is 0.682. The third kappa shape index (κ3) is 3.86. The Morgan fingerprint density at radius 1 is 1.29 bits per heavy atom. The average molecular weight is 407 g/mol. The minimum Gasteiger partial charge on any atom is -0.393 e. The fourth-order valence-electron chi connectivity index (χ4n) is 5.67. The molecule has 2 unspecified atom stereocenters. The number of benzene rings is 1. The quantitative estimate of drug-likeness (QED) is 0.547. The molecule has 0 radical (unpaired) electrons. The maximum Gasteiger partial charge on any atom is 0.276 e. The van der Waals surface area contributed by atoms with Gasteiger partial charge in [-0.3, -0.25) is 0 Å². The summed E-state index contributed by atoms with van der Waals surface area (Å²) in [5, 5.41) is 14.7. The van der Waals surface area contributed by atoms with E-state index in [1.54, 1.807) is 30.5 Å². The number of aryl methyl sites for hydroxylation is 1. The molecule has 0 heterocycles. The molecular weight excluding hydrogens is 372 g/mol. The largest absolute Gasteiger partial charge is 0.393 e. The minimum atomic E-state index is -3.67. The highest BCUT2D eigenvalue weighted by atomic mass is 32.2. The Bertz CT molecular complexity index is 821. The lowest BCUT2D eigenvalue weighted by atomic mass is 9.57. The summed E-state index contributed by atoms with van der Waals surface area (Å²) in [4.78, 5) is 2.61. The number of aliphatic hydroxyl groups excluding tert-OH is 1. The molecule has 2 aliphatic carbocycles. The number of hydrogen-bond acceptors (Lipinski definition) is 4. The van der Waals surface area contributed by atoms with Crippen LogP contribution in [0.1, 0.15) is 64.9 Å². The molecule has 0 bridgehead atoms. The van der Waals surface area contributed by atoms with Crippen molar-refractivity contribution < 1.29 is 13.5 Å². The van der Waals surface area contributed by atoms with Crippen LogP contribution in [0.3, 0.4) is 0 Å². The maximum atomic E-state index is 12.5. The van der Waals surface area contributed by atoms with E-state index in [9.17, 15) is 13.5 Å². The zero-order chi connectivity index (χ0) is 20.6. The number of hydrogen-bond donors (Lipinski definition) is 2. The van der Waals surface area contributed by atoms with Crippen molar-refractivity contribution in [2.75, 3.05) is 0 Å². The molecule has 6 heteroatoms. The van der Waals surface area contributed by atoms with E-state index < -0.39 is 10.0 Å². The normalized spacial score (nSPS) is 32.8. The van der Waals surface area contributed by atoms with Crippen LogP contribution in [0.4, 0.5) is 0 Å². The Kier molecular flexibility index (Phi) is 5.93. The van der Waals surface area contributed by atoms with Crippen LogP contribution >= 0.6 is 0 Å². The smallest absolute Gasteiger partial charge is 0.276 e. The first-order valence-electron chi connectivity index (χ1n) is 10.4.